The number of amides is 1. The Morgan fingerprint density at radius 1 is 1.29 bits per heavy atom. The van der Waals surface area contributed by atoms with Crippen LogP contribution in [0, 0.1) is 6.92 Å². The standard InChI is InChI=1S/C15H15Cl2N3O/c1-3-18-14-12(17)7-10(8-19-14)15(21)20-13-9(2)5-4-6-11(13)16/h4-8H,3H2,1-2H3,(H,18,19)(H,20,21). The Hall–Kier alpha value is -1.78. The first-order valence-corrected chi connectivity index (χ1v) is 7.24. The molecule has 0 aliphatic heterocycles. The van der Waals surface area contributed by atoms with Crippen LogP contribution in [0.15, 0.2) is 30.5 Å². The van der Waals surface area contributed by atoms with Crippen molar-refractivity contribution in [2.75, 3.05) is 17.2 Å². The normalized spacial score (nSPS) is 10.3. The number of benzene rings is 1. The van der Waals surface area contributed by atoms with E-state index in [9.17, 15) is 4.79 Å². The summed E-state index contributed by atoms with van der Waals surface area (Å²) in [6.45, 7) is 4.52. The first-order valence-electron chi connectivity index (χ1n) is 6.48. The van der Waals surface area contributed by atoms with Crippen LogP contribution in [0.3, 0.4) is 0 Å². The van der Waals surface area contributed by atoms with Crippen molar-refractivity contribution in [2.45, 2.75) is 13.8 Å². The van der Waals surface area contributed by atoms with Crippen LogP contribution in [0.25, 0.3) is 0 Å². The zero-order chi connectivity index (χ0) is 15.4. The molecule has 110 valence electrons. The lowest BCUT2D eigenvalue weighted by Gasteiger charge is -2.11. The Morgan fingerprint density at radius 3 is 2.67 bits per heavy atom. The quantitative estimate of drug-likeness (QED) is 0.877. The number of aryl methyl sites for hydroxylation is 1. The molecule has 1 amide bonds. The van der Waals surface area contributed by atoms with Gasteiger partial charge in [-0.05, 0) is 31.5 Å². The van der Waals surface area contributed by atoms with Crippen LogP contribution < -0.4 is 10.6 Å². The number of carbonyl (C=O) groups is 1. The molecule has 0 saturated carbocycles. The summed E-state index contributed by atoms with van der Waals surface area (Å²) >= 11 is 12.2. The average molecular weight is 324 g/mol. The van der Waals surface area contributed by atoms with E-state index in [2.05, 4.69) is 15.6 Å². The molecule has 0 radical (unpaired) electrons. The molecule has 2 rings (SSSR count). The van der Waals surface area contributed by atoms with Crippen molar-refractivity contribution in [3.05, 3.63) is 51.6 Å². The van der Waals surface area contributed by atoms with E-state index in [4.69, 9.17) is 23.2 Å². The molecule has 1 aromatic carbocycles. The minimum Gasteiger partial charge on any atom is -0.369 e. The number of aromatic nitrogens is 1. The second-order valence-corrected chi connectivity index (χ2v) is 5.29. The number of pyridine rings is 1. The van der Waals surface area contributed by atoms with Gasteiger partial charge in [0.25, 0.3) is 5.91 Å². The molecule has 0 unspecified atom stereocenters. The van der Waals surface area contributed by atoms with Gasteiger partial charge in [0.05, 0.1) is 21.3 Å². The smallest absolute Gasteiger partial charge is 0.257 e. The molecule has 6 heteroatoms. The molecule has 0 fully saturated rings. The van der Waals surface area contributed by atoms with Gasteiger partial charge in [-0.25, -0.2) is 4.98 Å². The van der Waals surface area contributed by atoms with Crippen LogP contribution in [0.5, 0.6) is 0 Å². The summed E-state index contributed by atoms with van der Waals surface area (Å²) < 4.78 is 0. The fourth-order valence-corrected chi connectivity index (χ4v) is 2.34. The third-order valence-corrected chi connectivity index (χ3v) is 3.51. The largest absolute Gasteiger partial charge is 0.369 e. The topological polar surface area (TPSA) is 54.0 Å². The zero-order valence-corrected chi connectivity index (χ0v) is 13.2. The molecule has 2 aromatic rings. The van der Waals surface area contributed by atoms with Crippen LogP contribution >= 0.6 is 23.2 Å². The Balaban J connectivity index is 2.23. The molecule has 21 heavy (non-hydrogen) atoms. The van der Waals surface area contributed by atoms with E-state index in [0.717, 1.165) is 5.56 Å². The van der Waals surface area contributed by atoms with Crippen LogP contribution in [0.4, 0.5) is 11.5 Å². The fourth-order valence-electron chi connectivity index (χ4n) is 1.84. The number of hydrogen-bond acceptors (Lipinski definition) is 3. The van der Waals surface area contributed by atoms with Crippen molar-refractivity contribution < 1.29 is 4.79 Å². The van der Waals surface area contributed by atoms with Gasteiger partial charge in [-0.1, -0.05) is 35.3 Å². The van der Waals surface area contributed by atoms with Crippen LogP contribution in [0.1, 0.15) is 22.8 Å². The maximum atomic E-state index is 12.3. The van der Waals surface area contributed by atoms with Crippen molar-refractivity contribution in [2.24, 2.45) is 0 Å². The number of hydrogen-bond donors (Lipinski definition) is 2. The maximum Gasteiger partial charge on any atom is 0.257 e. The number of para-hydroxylation sites is 1. The molecule has 0 saturated heterocycles. The van der Waals surface area contributed by atoms with Crippen molar-refractivity contribution in [1.29, 1.82) is 0 Å². The first-order chi connectivity index (χ1) is 10.0. The van der Waals surface area contributed by atoms with Crippen LogP contribution in [0.2, 0.25) is 10.0 Å². The molecule has 0 bridgehead atoms. The maximum absolute atomic E-state index is 12.3. The minimum atomic E-state index is -0.302. The summed E-state index contributed by atoms with van der Waals surface area (Å²) in [6, 6.07) is 7.01. The summed E-state index contributed by atoms with van der Waals surface area (Å²) in [5, 5.41) is 6.69. The Labute approximate surface area is 133 Å². The van der Waals surface area contributed by atoms with E-state index in [1.165, 1.54) is 6.20 Å². The van der Waals surface area contributed by atoms with Crippen LogP contribution in [-0.2, 0) is 0 Å². The Morgan fingerprint density at radius 2 is 2.05 bits per heavy atom. The molecular weight excluding hydrogens is 309 g/mol. The highest BCUT2D eigenvalue weighted by Crippen LogP contribution is 2.26. The molecule has 1 heterocycles. The molecular formula is C15H15Cl2N3O. The van der Waals surface area contributed by atoms with Gasteiger partial charge in [0, 0.05) is 12.7 Å². The van der Waals surface area contributed by atoms with Gasteiger partial charge in [-0.2, -0.15) is 0 Å². The summed E-state index contributed by atoms with van der Waals surface area (Å²) in [5.41, 5.74) is 1.86. The fraction of sp³-hybridized carbons (Fsp3) is 0.200. The van der Waals surface area contributed by atoms with Gasteiger partial charge in [-0.3, -0.25) is 4.79 Å². The highest BCUT2D eigenvalue weighted by atomic mass is 35.5. The zero-order valence-electron chi connectivity index (χ0n) is 11.7. The summed E-state index contributed by atoms with van der Waals surface area (Å²) in [6.07, 6.45) is 1.48. The van der Waals surface area contributed by atoms with Gasteiger partial charge in [-0.15, -0.1) is 0 Å². The highest BCUT2D eigenvalue weighted by Gasteiger charge is 2.12. The third kappa shape index (κ3) is 3.65. The lowest BCUT2D eigenvalue weighted by Crippen LogP contribution is -2.14. The second kappa shape index (κ2) is 6.78. The lowest BCUT2D eigenvalue weighted by molar-refractivity contribution is 0.102. The number of rotatable bonds is 4. The SMILES string of the molecule is CCNc1ncc(C(=O)Nc2c(C)cccc2Cl)cc1Cl. The average Bonchev–Trinajstić information content (AvgIpc) is 2.45. The van der Waals surface area contributed by atoms with Gasteiger partial charge >= 0.3 is 0 Å². The number of nitrogens with zero attached hydrogens (tertiary/aromatic N) is 1. The second-order valence-electron chi connectivity index (χ2n) is 4.47. The third-order valence-electron chi connectivity index (χ3n) is 2.91. The number of carbonyl (C=O) groups excluding carboxylic acids is 1. The van der Waals surface area contributed by atoms with E-state index in [1.54, 1.807) is 12.1 Å². The number of anilines is 2. The highest BCUT2D eigenvalue weighted by molar-refractivity contribution is 6.34. The van der Waals surface area contributed by atoms with E-state index in [-0.39, 0.29) is 5.91 Å². The molecule has 0 aliphatic carbocycles. The van der Waals surface area contributed by atoms with Gasteiger partial charge in [0.2, 0.25) is 0 Å². The monoisotopic (exact) mass is 323 g/mol. The van der Waals surface area contributed by atoms with Crippen LogP contribution in [-0.4, -0.2) is 17.4 Å². The molecule has 0 aliphatic rings. The molecule has 4 nitrogen and oxygen atoms in total. The van der Waals surface area contributed by atoms with Gasteiger partial charge < -0.3 is 10.6 Å². The molecule has 1 aromatic heterocycles. The van der Waals surface area contributed by atoms with E-state index in [0.29, 0.717) is 33.7 Å². The molecule has 2 N–H and O–H groups in total. The van der Waals surface area contributed by atoms with Crippen molar-refractivity contribution in [3.8, 4) is 0 Å². The summed E-state index contributed by atoms with van der Waals surface area (Å²) in [5.74, 6) is 0.258. The Kier molecular flexibility index (Phi) is 5.04. The number of halogens is 2. The van der Waals surface area contributed by atoms with Crippen molar-refractivity contribution in [3.63, 3.8) is 0 Å². The van der Waals surface area contributed by atoms with E-state index >= 15 is 0 Å². The number of nitrogens with one attached hydrogen (secondary N) is 2. The van der Waals surface area contributed by atoms with Gasteiger partial charge in [0.1, 0.15) is 5.82 Å². The van der Waals surface area contributed by atoms with E-state index < -0.39 is 0 Å². The van der Waals surface area contributed by atoms with E-state index in [1.807, 2.05) is 26.0 Å². The molecule has 0 atom stereocenters. The van der Waals surface area contributed by atoms with Gasteiger partial charge in [0.15, 0.2) is 0 Å². The van der Waals surface area contributed by atoms with Crippen molar-refractivity contribution >= 4 is 40.6 Å². The van der Waals surface area contributed by atoms with Crippen molar-refractivity contribution in [1.82, 2.24) is 4.98 Å². The Bertz CT molecular complexity index is 654. The summed E-state index contributed by atoms with van der Waals surface area (Å²) in [7, 11) is 0. The predicted octanol–water partition coefficient (Wildman–Crippen LogP) is 4.38. The first kappa shape index (κ1) is 15.6. The predicted molar refractivity (Wildman–Crippen MR) is 87.6 cm³/mol. The lowest BCUT2D eigenvalue weighted by atomic mass is 10.2. The molecule has 0 spiro atoms. The minimum absolute atomic E-state index is 0.302. The summed E-state index contributed by atoms with van der Waals surface area (Å²) in [4.78, 5) is 16.4.